The lowest BCUT2D eigenvalue weighted by atomic mass is 9.80. The summed E-state index contributed by atoms with van der Waals surface area (Å²) in [5, 5.41) is 3.17. The average molecular weight is 429 g/mol. The van der Waals surface area contributed by atoms with Gasteiger partial charge in [-0.3, -0.25) is 9.59 Å². The highest BCUT2D eigenvalue weighted by molar-refractivity contribution is 5.82. The molecular formula is C24H32N2O5. The van der Waals surface area contributed by atoms with Gasteiger partial charge in [0, 0.05) is 6.54 Å². The van der Waals surface area contributed by atoms with Gasteiger partial charge >= 0.3 is 0 Å². The number of morpholine rings is 1. The molecule has 168 valence electrons. The maximum absolute atomic E-state index is 13.6. The largest absolute Gasteiger partial charge is 0.481 e. The molecule has 1 aliphatic carbocycles. The molecule has 0 aromatic heterocycles. The van der Waals surface area contributed by atoms with E-state index in [1.807, 2.05) is 30.0 Å². The topological polar surface area (TPSA) is 77.1 Å². The fourth-order valence-corrected chi connectivity index (χ4v) is 5.86. The highest BCUT2D eigenvalue weighted by Gasteiger charge is 2.50. The summed E-state index contributed by atoms with van der Waals surface area (Å²) in [7, 11) is 0. The number of hydrogen-bond acceptors (Lipinski definition) is 5. The molecule has 1 aromatic carbocycles. The second kappa shape index (κ2) is 8.43. The predicted octanol–water partition coefficient (Wildman–Crippen LogP) is 2.39. The first kappa shape index (κ1) is 20.8. The molecule has 4 heterocycles. The fraction of sp³-hybridized carbons (Fsp3) is 0.667. The zero-order valence-corrected chi connectivity index (χ0v) is 18.2. The van der Waals surface area contributed by atoms with Gasteiger partial charge in [-0.05, 0) is 63.0 Å². The van der Waals surface area contributed by atoms with Crippen LogP contribution in [-0.2, 0) is 19.1 Å². The Balaban J connectivity index is 1.49. The summed E-state index contributed by atoms with van der Waals surface area (Å²) in [4.78, 5) is 27.7. The normalized spacial score (nSPS) is 36.4. The molecule has 7 nitrogen and oxygen atoms in total. The van der Waals surface area contributed by atoms with E-state index < -0.39 is 11.6 Å². The number of carbonyl (C=O) groups is 2. The number of fused-ring (bicyclic) bond motifs is 5. The molecule has 5 aliphatic rings. The standard InChI is InChI=1S/C24H32N2O5/c1-16-23(28)26-12-4-11-24(15-29-14-22(27)25-24)21(26)13-30-18-9-7-17(8-10-18)19-5-2-3-6-20(19)31-16/h2-3,5-6,16-18,21H,4,7-15H2,1H3,(H,25,27)/t16?,17?,18?,21?,24-/m1/s1. The van der Waals surface area contributed by atoms with Crippen LogP contribution >= 0.6 is 0 Å². The van der Waals surface area contributed by atoms with Gasteiger partial charge in [-0.1, -0.05) is 18.2 Å². The number of benzene rings is 1. The number of piperidine rings is 1. The monoisotopic (exact) mass is 428 g/mol. The Labute approximate surface area is 183 Å². The predicted molar refractivity (Wildman–Crippen MR) is 114 cm³/mol. The lowest BCUT2D eigenvalue weighted by Crippen LogP contribution is -2.72. The number of para-hydroxylation sites is 1. The fourth-order valence-electron chi connectivity index (χ4n) is 5.86. The van der Waals surface area contributed by atoms with Crippen LogP contribution in [-0.4, -0.2) is 66.9 Å². The molecule has 7 heteroatoms. The number of nitrogens with one attached hydrogen (secondary N) is 1. The summed E-state index contributed by atoms with van der Waals surface area (Å²) < 4.78 is 18.3. The zero-order valence-electron chi connectivity index (χ0n) is 18.2. The maximum Gasteiger partial charge on any atom is 0.263 e. The Hall–Kier alpha value is -2.12. The molecule has 0 radical (unpaired) electrons. The third-order valence-electron chi connectivity index (χ3n) is 7.47. The van der Waals surface area contributed by atoms with Gasteiger partial charge in [0.1, 0.15) is 12.4 Å². The van der Waals surface area contributed by atoms with Crippen LogP contribution in [0.4, 0.5) is 0 Å². The van der Waals surface area contributed by atoms with Crippen LogP contribution in [0.15, 0.2) is 24.3 Å². The van der Waals surface area contributed by atoms with Crippen LogP contribution in [0, 0.1) is 0 Å². The minimum atomic E-state index is -0.614. The molecule has 3 atom stereocenters. The van der Waals surface area contributed by atoms with E-state index in [0.717, 1.165) is 44.3 Å². The van der Waals surface area contributed by atoms with Crippen molar-refractivity contribution in [2.75, 3.05) is 26.4 Å². The number of carbonyl (C=O) groups excluding carboxylic acids is 2. The molecule has 6 rings (SSSR count). The molecular weight excluding hydrogens is 396 g/mol. The number of nitrogens with zero attached hydrogens (tertiary/aromatic N) is 1. The smallest absolute Gasteiger partial charge is 0.263 e. The van der Waals surface area contributed by atoms with Crippen molar-refractivity contribution in [1.82, 2.24) is 10.2 Å². The van der Waals surface area contributed by atoms with E-state index in [1.54, 1.807) is 0 Å². The minimum absolute atomic E-state index is 0.0612. The van der Waals surface area contributed by atoms with Crippen LogP contribution in [0.2, 0.25) is 0 Å². The van der Waals surface area contributed by atoms with Crippen molar-refractivity contribution in [2.45, 2.75) is 75.2 Å². The second-order valence-corrected chi connectivity index (χ2v) is 9.45. The Kier molecular flexibility index (Phi) is 5.65. The Morgan fingerprint density at radius 1 is 1.13 bits per heavy atom. The van der Waals surface area contributed by atoms with Gasteiger partial charge in [-0.15, -0.1) is 0 Å². The molecule has 4 aliphatic heterocycles. The van der Waals surface area contributed by atoms with Crippen molar-refractivity contribution in [3.05, 3.63) is 29.8 Å². The highest BCUT2D eigenvalue weighted by atomic mass is 16.5. The van der Waals surface area contributed by atoms with Gasteiger partial charge < -0.3 is 24.4 Å². The molecule has 2 unspecified atom stereocenters. The van der Waals surface area contributed by atoms with Crippen molar-refractivity contribution < 1.29 is 23.8 Å². The summed E-state index contributed by atoms with van der Waals surface area (Å²) in [6, 6.07) is 7.86. The molecule has 2 bridgehead atoms. The first-order chi connectivity index (χ1) is 15.1. The van der Waals surface area contributed by atoms with E-state index in [-0.39, 0.29) is 30.6 Å². The lowest BCUT2D eigenvalue weighted by molar-refractivity contribution is -0.159. The minimum Gasteiger partial charge on any atom is -0.481 e. The van der Waals surface area contributed by atoms with E-state index in [4.69, 9.17) is 14.2 Å². The maximum atomic E-state index is 13.6. The van der Waals surface area contributed by atoms with Crippen LogP contribution in [0.3, 0.4) is 0 Å². The third kappa shape index (κ3) is 3.94. The zero-order chi connectivity index (χ0) is 21.4. The van der Waals surface area contributed by atoms with E-state index in [0.29, 0.717) is 25.7 Å². The van der Waals surface area contributed by atoms with Gasteiger partial charge in [-0.25, -0.2) is 0 Å². The van der Waals surface area contributed by atoms with Crippen molar-refractivity contribution in [2.24, 2.45) is 0 Å². The quantitative estimate of drug-likeness (QED) is 0.687. The van der Waals surface area contributed by atoms with E-state index >= 15 is 0 Å². The second-order valence-electron chi connectivity index (χ2n) is 9.45. The van der Waals surface area contributed by atoms with Crippen LogP contribution < -0.4 is 10.1 Å². The Morgan fingerprint density at radius 2 is 1.94 bits per heavy atom. The van der Waals surface area contributed by atoms with Crippen molar-refractivity contribution in [3.8, 4) is 5.75 Å². The van der Waals surface area contributed by atoms with Crippen molar-refractivity contribution in [3.63, 3.8) is 0 Å². The first-order valence-corrected chi connectivity index (χ1v) is 11.6. The molecule has 1 aromatic rings. The SMILES string of the molecule is CC1Oc2ccccc2C2CCC(CC2)OCC2N(CCC[C@@]23COCC(=O)N3)C1=O. The van der Waals surface area contributed by atoms with Crippen molar-refractivity contribution in [1.29, 1.82) is 0 Å². The summed E-state index contributed by atoms with van der Waals surface area (Å²) in [6.45, 7) is 3.34. The number of rotatable bonds is 0. The molecule has 1 saturated carbocycles. The molecule has 1 N–H and O–H groups in total. The average Bonchev–Trinajstić information content (AvgIpc) is 2.79. The summed E-state index contributed by atoms with van der Waals surface area (Å²) in [6.07, 6.45) is 5.23. The Bertz CT molecular complexity index is 833. The summed E-state index contributed by atoms with van der Waals surface area (Å²) >= 11 is 0. The third-order valence-corrected chi connectivity index (χ3v) is 7.47. The number of hydrogen-bond donors (Lipinski definition) is 1. The van der Waals surface area contributed by atoms with Gasteiger partial charge in [0.05, 0.1) is 30.9 Å². The van der Waals surface area contributed by atoms with E-state index in [2.05, 4.69) is 11.4 Å². The molecule has 3 fully saturated rings. The van der Waals surface area contributed by atoms with Gasteiger partial charge in [-0.2, -0.15) is 0 Å². The van der Waals surface area contributed by atoms with Gasteiger partial charge in [0.2, 0.25) is 5.91 Å². The van der Waals surface area contributed by atoms with Gasteiger partial charge in [0.15, 0.2) is 6.10 Å². The van der Waals surface area contributed by atoms with Crippen molar-refractivity contribution >= 4 is 11.8 Å². The molecule has 2 saturated heterocycles. The molecule has 31 heavy (non-hydrogen) atoms. The van der Waals surface area contributed by atoms with Crippen LogP contribution in [0.25, 0.3) is 0 Å². The Morgan fingerprint density at radius 3 is 2.74 bits per heavy atom. The summed E-state index contributed by atoms with van der Waals surface area (Å²) in [5.74, 6) is 1.06. The highest BCUT2D eigenvalue weighted by Crippen LogP contribution is 2.40. The summed E-state index contributed by atoms with van der Waals surface area (Å²) in [5.41, 5.74) is 0.595. The number of amides is 2. The first-order valence-electron chi connectivity index (χ1n) is 11.6. The van der Waals surface area contributed by atoms with E-state index in [9.17, 15) is 9.59 Å². The van der Waals surface area contributed by atoms with Gasteiger partial charge in [0.25, 0.3) is 5.91 Å². The lowest BCUT2D eigenvalue weighted by Gasteiger charge is -2.52. The van der Waals surface area contributed by atoms with Crippen LogP contribution in [0.5, 0.6) is 5.75 Å². The molecule has 1 spiro atoms. The molecule has 2 amide bonds. The van der Waals surface area contributed by atoms with E-state index in [1.165, 1.54) is 5.56 Å². The van der Waals surface area contributed by atoms with Crippen LogP contribution in [0.1, 0.15) is 56.9 Å². The number of ether oxygens (including phenoxy) is 3.